The smallest absolute Gasteiger partial charge is 0.0948 e. The molecule has 0 spiro atoms. The minimum Gasteiger partial charge on any atom is -0.333 e. The van der Waals surface area contributed by atoms with Gasteiger partial charge in [-0.05, 0) is 19.9 Å². The van der Waals surface area contributed by atoms with Gasteiger partial charge in [0.15, 0.2) is 0 Å². The minimum absolute atomic E-state index is 0.689. The molecule has 88 valence electrons. The summed E-state index contributed by atoms with van der Waals surface area (Å²) in [6.45, 7) is 4.46. The van der Waals surface area contributed by atoms with Gasteiger partial charge in [-0.15, -0.1) is 0 Å². The highest BCUT2D eigenvalue weighted by atomic mass is 15.2. The summed E-state index contributed by atoms with van der Waals surface area (Å²) in [5.41, 5.74) is 1.41. The van der Waals surface area contributed by atoms with E-state index in [1.165, 1.54) is 18.5 Å². The number of aromatic nitrogens is 2. The third-order valence-electron chi connectivity index (χ3n) is 3.81. The van der Waals surface area contributed by atoms with Crippen LogP contribution < -0.4 is 5.32 Å². The lowest BCUT2D eigenvalue weighted by Gasteiger charge is -2.28. The maximum absolute atomic E-state index is 4.28. The monoisotopic (exact) mass is 220 g/mol. The third kappa shape index (κ3) is 1.99. The number of imidazole rings is 1. The largest absolute Gasteiger partial charge is 0.333 e. The Labute approximate surface area is 96.7 Å². The van der Waals surface area contributed by atoms with Crippen LogP contribution in [0, 0.1) is 0 Å². The molecule has 0 atom stereocenters. The highest BCUT2D eigenvalue weighted by Gasteiger charge is 2.26. The molecule has 1 aliphatic carbocycles. The third-order valence-corrected chi connectivity index (χ3v) is 3.81. The number of nitrogens with one attached hydrogen (secondary N) is 1. The van der Waals surface area contributed by atoms with Crippen molar-refractivity contribution in [1.82, 2.24) is 19.8 Å². The van der Waals surface area contributed by atoms with E-state index in [1.807, 2.05) is 12.5 Å². The highest BCUT2D eigenvalue weighted by molar-refractivity contribution is 5.11. The van der Waals surface area contributed by atoms with Crippen LogP contribution in [0.3, 0.4) is 0 Å². The molecule has 1 aromatic rings. The summed E-state index contributed by atoms with van der Waals surface area (Å²) in [4.78, 5) is 6.76. The molecule has 4 nitrogen and oxygen atoms in total. The van der Waals surface area contributed by atoms with E-state index < -0.39 is 0 Å². The Morgan fingerprint density at radius 1 is 1.50 bits per heavy atom. The van der Waals surface area contributed by atoms with Crippen molar-refractivity contribution in [3.63, 3.8) is 0 Å². The number of rotatable bonds is 5. The Morgan fingerprint density at radius 2 is 2.31 bits per heavy atom. The molecule has 1 aromatic heterocycles. The summed E-state index contributed by atoms with van der Waals surface area (Å²) in [6, 6.07) is 0.859. The standard InChI is InChI=1S/C12H20N4/c1-15(11-2-3-11)4-5-16-9-14-8-12(16)10-6-13-7-10/h8-11,13H,2-7H2,1H3. The summed E-state index contributed by atoms with van der Waals surface area (Å²) >= 11 is 0. The van der Waals surface area contributed by atoms with E-state index in [-0.39, 0.29) is 0 Å². The second kappa shape index (κ2) is 4.18. The van der Waals surface area contributed by atoms with Gasteiger partial charge in [-0.3, -0.25) is 0 Å². The molecular weight excluding hydrogens is 200 g/mol. The predicted octanol–water partition coefficient (Wildman–Crippen LogP) is 0.664. The average molecular weight is 220 g/mol. The van der Waals surface area contributed by atoms with Gasteiger partial charge >= 0.3 is 0 Å². The molecule has 2 aliphatic rings. The van der Waals surface area contributed by atoms with E-state index >= 15 is 0 Å². The molecule has 1 saturated carbocycles. The van der Waals surface area contributed by atoms with Crippen molar-refractivity contribution in [3.05, 3.63) is 18.2 Å². The lowest BCUT2D eigenvalue weighted by atomic mass is 10.00. The van der Waals surface area contributed by atoms with Crippen molar-refractivity contribution in [2.24, 2.45) is 0 Å². The maximum atomic E-state index is 4.28. The second-order valence-electron chi connectivity index (χ2n) is 5.08. The number of nitrogens with zero attached hydrogens (tertiary/aromatic N) is 3. The van der Waals surface area contributed by atoms with Crippen LogP contribution in [0.15, 0.2) is 12.5 Å². The lowest BCUT2D eigenvalue weighted by molar-refractivity contribution is 0.304. The van der Waals surface area contributed by atoms with Gasteiger partial charge in [0.2, 0.25) is 0 Å². The van der Waals surface area contributed by atoms with Gasteiger partial charge in [-0.2, -0.15) is 0 Å². The van der Waals surface area contributed by atoms with E-state index in [4.69, 9.17) is 0 Å². The van der Waals surface area contributed by atoms with E-state index in [0.29, 0.717) is 5.92 Å². The van der Waals surface area contributed by atoms with Gasteiger partial charge in [0, 0.05) is 50.0 Å². The van der Waals surface area contributed by atoms with Gasteiger partial charge in [-0.1, -0.05) is 0 Å². The number of hydrogen-bond donors (Lipinski definition) is 1. The summed E-state index contributed by atoms with van der Waals surface area (Å²) in [6.07, 6.45) is 6.79. The molecule has 0 amide bonds. The summed E-state index contributed by atoms with van der Waals surface area (Å²) in [5, 5.41) is 3.32. The fourth-order valence-electron chi connectivity index (χ4n) is 2.32. The van der Waals surface area contributed by atoms with E-state index in [1.54, 1.807) is 0 Å². The van der Waals surface area contributed by atoms with Gasteiger partial charge < -0.3 is 14.8 Å². The van der Waals surface area contributed by atoms with Crippen LogP contribution in [-0.2, 0) is 6.54 Å². The molecule has 0 unspecified atom stereocenters. The fraction of sp³-hybridized carbons (Fsp3) is 0.750. The minimum atomic E-state index is 0.689. The van der Waals surface area contributed by atoms with Crippen molar-refractivity contribution in [1.29, 1.82) is 0 Å². The molecule has 1 saturated heterocycles. The normalized spacial score (nSPS) is 21.4. The second-order valence-corrected chi connectivity index (χ2v) is 5.08. The first-order valence-corrected chi connectivity index (χ1v) is 6.25. The molecule has 2 heterocycles. The molecule has 1 N–H and O–H groups in total. The van der Waals surface area contributed by atoms with Gasteiger partial charge in [0.25, 0.3) is 0 Å². The van der Waals surface area contributed by atoms with Crippen molar-refractivity contribution < 1.29 is 0 Å². The molecule has 1 aliphatic heterocycles. The van der Waals surface area contributed by atoms with Gasteiger partial charge in [-0.25, -0.2) is 4.98 Å². The molecule has 0 aromatic carbocycles. The zero-order chi connectivity index (χ0) is 11.0. The lowest BCUT2D eigenvalue weighted by Crippen LogP contribution is -2.41. The highest BCUT2D eigenvalue weighted by Crippen LogP contribution is 2.25. The molecular formula is C12H20N4. The molecule has 0 radical (unpaired) electrons. The molecule has 2 fully saturated rings. The first-order valence-electron chi connectivity index (χ1n) is 6.25. The van der Waals surface area contributed by atoms with Crippen LogP contribution in [0.2, 0.25) is 0 Å². The van der Waals surface area contributed by atoms with Gasteiger partial charge in [0.1, 0.15) is 0 Å². The Kier molecular flexibility index (Phi) is 2.69. The van der Waals surface area contributed by atoms with Crippen LogP contribution in [0.25, 0.3) is 0 Å². The zero-order valence-electron chi connectivity index (χ0n) is 9.89. The summed E-state index contributed by atoms with van der Waals surface area (Å²) < 4.78 is 2.32. The Hall–Kier alpha value is -0.870. The van der Waals surface area contributed by atoms with Crippen LogP contribution in [0.5, 0.6) is 0 Å². The topological polar surface area (TPSA) is 33.1 Å². The van der Waals surface area contributed by atoms with Crippen LogP contribution in [0.4, 0.5) is 0 Å². The maximum Gasteiger partial charge on any atom is 0.0948 e. The van der Waals surface area contributed by atoms with E-state index in [2.05, 4.69) is 26.8 Å². The molecule has 3 rings (SSSR count). The van der Waals surface area contributed by atoms with E-state index in [9.17, 15) is 0 Å². The number of hydrogen-bond acceptors (Lipinski definition) is 3. The predicted molar refractivity (Wildman–Crippen MR) is 63.5 cm³/mol. The molecule has 4 heteroatoms. The van der Waals surface area contributed by atoms with Crippen molar-refractivity contribution >= 4 is 0 Å². The van der Waals surface area contributed by atoms with Crippen LogP contribution in [-0.4, -0.2) is 47.2 Å². The Morgan fingerprint density at radius 3 is 2.94 bits per heavy atom. The first-order chi connectivity index (χ1) is 7.84. The molecule has 16 heavy (non-hydrogen) atoms. The van der Waals surface area contributed by atoms with Crippen molar-refractivity contribution in [2.45, 2.75) is 31.3 Å². The van der Waals surface area contributed by atoms with Gasteiger partial charge in [0.05, 0.1) is 6.33 Å². The average Bonchev–Trinajstić information content (AvgIpc) is 2.96. The van der Waals surface area contributed by atoms with Crippen molar-refractivity contribution in [3.8, 4) is 0 Å². The summed E-state index contributed by atoms with van der Waals surface area (Å²) in [7, 11) is 2.24. The Bertz CT molecular complexity index is 352. The first kappa shape index (κ1) is 10.3. The van der Waals surface area contributed by atoms with Crippen LogP contribution >= 0.6 is 0 Å². The van der Waals surface area contributed by atoms with E-state index in [0.717, 1.165) is 32.2 Å². The Balaban J connectivity index is 1.58. The summed E-state index contributed by atoms with van der Waals surface area (Å²) in [5.74, 6) is 0.689. The molecule has 0 bridgehead atoms. The SMILES string of the molecule is CN(CCn1cncc1C1CNC1)C1CC1. The fourth-order valence-corrected chi connectivity index (χ4v) is 2.32. The zero-order valence-corrected chi connectivity index (χ0v) is 9.89. The van der Waals surface area contributed by atoms with Crippen LogP contribution in [0.1, 0.15) is 24.5 Å². The quantitative estimate of drug-likeness (QED) is 0.791. The van der Waals surface area contributed by atoms with Crippen molar-refractivity contribution in [2.75, 3.05) is 26.7 Å². The number of likely N-dealkylation sites (N-methyl/N-ethyl adjacent to an activating group) is 1.